The monoisotopic (exact) mass is 319 g/mol. The van der Waals surface area contributed by atoms with Gasteiger partial charge in [0.1, 0.15) is 5.82 Å². The fraction of sp³-hybridized carbons (Fsp3) is 0.353. The highest BCUT2D eigenvalue weighted by molar-refractivity contribution is 7.14. The molecule has 2 aromatic rings. The van der Waals surface area contributed by atoms with Crippen LogP contribution in [0.3, 0.4) is 0 Å². The van der Waals surface area contributed by atoms with E-state index in [0.29, 0.717) is 11.4 Å². The highest BCUT2D eigenvalue weighted by atomic mass is 32.1. The van der Waals surface area contributed by atoms with E-state index in [-0.39, 0.29) is 11.7 Å². The summed E-state index contributed by atoms with van der Waals surface area (Å²) in [5.41, 5.74) is 1.12. The molecule has 1 heterocycles. The van der Waals surface area contributed by atoms with Crippen molar-refractivity contribution in [3.05, 3.63) is 45.9 Å². The van der Waals surface area contributed by atoms with Crippen molar-refractivity contribution in [2.45, 2.75) is 31.8 Å². The molecule has 1 aliphatic rings. The fourth-order valence-corrected chi connectivity index (χ4v) is 3.56. The number of aryl methyl sites for hydroxylation is 1. The minimum absolute atomic E-state index is 0.165. The maximum absolute atomic E-state index is 13.0. The lowest BCUT2D eigenvalue weighted by Crippen LogP contribution is -2.47. The number of amides is 1. The molecule has 22 heavy (non-hydrogen) atoms. The van der Waals surface area contributed by atoms with Gasteiger partial charge in [-0.3, -0.25) is 4.79 Å². The highest BCUT2D eigenvalue weighted by Crippen LogP contribution is 2.32. The molecule has 1 aliphatic carbocycles. The lowest BCUT2D eigenvalue weighted by atomic mass is 9.80. The molecule has 3 nitrogen and oxygen atoms in total. The molecule has 0 unspecified atom stereocenters. The Balaban J connectivity index is 1.73. The van der Waals surface area contributed by atoms with Gasteiger partial charge in [0.05, 0.1) is 10.5 Å². The molecule has 0 spiro atoms. The number of benzene rings is 1. The molecule has 0 saturated heterocycles. The molecular weight excluding hydrogens is 301 g/mol. The largest absolute Gasteiger partial charge is 0.388 e. The smallest absolute Gasteiger partial charge is 0.261 e. The first-order valence-electron chi connectivity index (χ1n) is 7.34. The van der Waals surface area contributed by atoms with Gasteiger partial charge in [0.15, 0.2) is 0 Å². The third-order valence-corrected chi connectivity index (χ3v) is 5.21. The van der Waals surface area contributed by atoms with Gasteiger partial charge < -0.3 is 10.4 Å². The zero-order chi connectivity index (χ0) is 15.7. The van der Waals surface area contributed by atoms with Gasteiger partial charge >= 0.3 is 0 Å². The second-order valence-corrected chi connectivity index (χ2v) is 7.10. The van der Waals surface area contributed by atoms with Crippen molar-refractivity contribution in [1.29, 1.82) is 0 Å². The van der Waals surface area contributed by atoms with E-state index >= 15 is 0 Å². The van der Waals surface area contributed by atoms with Gasteiger partial charge in [0.25, 0.3) is 5.91 Å². The minimum Gasteiger partial charge on any atom is -0.388 e. The molecule has 1 aromatic heterocycles. The molecule has 1 saturated carbocycles. The first kappa shape index (κ1) is 15.2. The van der Waals surface area contributed by atoms with Gasteiger partial charge in [-0.05, 0) is 55.5 Å². The molecule has 0 bridgehead atoms. The molecule has 3 rings (SSSR count). The van der Waals surface area contributed by atoms with Gasteiger partial charge in [-0.1, -0.05) is 12.1 Å². The number of aliphatic hydroxyl groups is 1. The van der Waals surface area contributed by atoms with E-state index in [1.165, 1.54) is 23.5 Å². The molecule has 1 fully saturated rings. The molecule has 5 heteroatoms. The molecule has 0 radical (unpaired) electrons. The number of nitrogens with one attached hydrogen (secondary N) is 1. The van der Waals surface area contributed by atoms with Crippen LogP contribution in [0.25, 0.3) is 11.1 Å². The van der Waals surface area contributed by atoms with E-state index in [1.807, 2.05) is 13.0 Å². The molecule has 1 amide bonds. The Morgan fingerprint density at radius 1 is 1.36 bits per heavy atom. The average molecular weight is 319 g/mol. The topological polar surface area (TPSA) is 49.3 Å². The van der Waals surface area contributed by atoms with E-state index in [0.717, 1.165) is 35.3 Å². The van der Waals surface area contributed by atoms with Crippen molar-refractivity contribution < 1.29 is 14.3 Å². The molecule has 1 aromatic carbocycles. The predicted octanol–water partition coefficient (Wildman–Crippen LogP) is 3.51. The Bertz CT molecular complexity index is 689. The van der Waals surface area contributed by atoms with E-state index in [2.05, 4.69) is 5.32 Å². The minimum atomic E-state index is -0.720. The van der Waals surface area contributed by atoms with Crippen molar-refractivity contribution in [1.82, 2.24) is 5.32 Å². The van der Waals surface area contributed by atoms with E-state index < -0.39 is 5.60 Å². The third kappa shape index (κ3) is 3.05. The van der Waals surface area contributed by atoms with E-state index in [4.69, 9.17) is 0 Å². The number of carbonyl (C=O) groups is 1. The maximum Gasteiger partial charge on any atom is 0.261 e. The van der Waals surface area contributed by atoms with Crippen LogP contribution in [0, 0.1) is 12.7 Å². The van der Waals surface area contributed by atoms with Crippen LogP contribution in [0.15, 0.2) is 30.3 Å². The Kier molecular flexibility index (Phi) is 4.02. The summed E-state index contributed by atoms with van der Waals surface area (Å²) in [5.74, 6) is -0.440. The predicted molar refractivity (Wildman–Crippen MR) is 85.6 cm³/mol. The van der Waals surface area contributed by atoms with Crippen molar-refractivity contribution in [3.8, 4) is 11.1 Å². The molecule has 0 atom stereocenters. The Morgan fingerprint density at radius 2 is 2.05 bits per heavy atom. The van der Waals surface area contributed by atoms with Crippen LogP contribution in [0.4, 0.5) is 4.39 Å². The highest BCUT2D eigenvalue weighted by Gasteiger charge is 2.34. The SMILES string of the molecule is Cc1sc(C(=O)NCC2(O)CCC2)cc1-c1ccc(F)cc1. The van der Waals surface area contributed by atoms with Crippen LogP contribution in [0.1, 0.15) is 33.8 Å². The number of carbonyl (C=O) groups excluding carboxylic acids is 1. The van der Waals surface area contributed by atoms with Crippen LogP contribution in [0.2, 0.25) is 0 Å². The summed E-state index contributed by atoms with van der Waals surface area (Å²) in [7, 11) is 0. The van der Waals surface area contributed by atoms with Crippen LogP contribution in [-0.4, -0.2) is 23.2 Å². The Hall–Kier alpha value is -1.72. The summed E-state index contributed by atoms with van der Waals surface area (Å²) < 4.78 is 13.0. The van der Waals surface area contributed by atoms with Gasteiger partial charge in [0.2, 0.25) is 0 Å². The summed E-state index contributed by atoms with van der Waals surface area (Å²) in [5, 5.41) is 12.8. The Labute approximate surface area is 132 Å². The quantitative estimate of drug-likeness (QED) is 0.906. The van der Waals surface area contributed by atoms with Gasteiger partial charge in [0, 0.05) is 11.4 Å². The van der Waals surface area contributed by atoms with Crippen LogP contribution in [-0.2, 0) is 0 Å². The van der Waals surface area contributed by atoms with E-state index in [9.17, 15) is 14.3 Å². The number of rotatable bonds is 4. The summed E-state index contributed by atoms with van der Waals surface area (Å²) >= 11 is 1.41. The number of hydrogen-bond acceptors (Lipinski definition) is 3. The van der Waals surface area contributed by atoms with Crippen LogP contribution in [0.5, 0.6) is 0 Å². The number of thiophene rings is 1. The zero-order valence-corrected chi connectivity index (χ0v) is 13.2. The van der Waals surface area contributed by atoms with Gasteiger partial charge in [-0.15, -0.1) is 11.3 Å². The van der Waals surface area contributed by atoms with E-state index in [1.54, 1.807) is 12.1 Å². The average Bonchev–Trinajstić information content (AvgIpc) is 2.86. The fourth-order valence-electron chi connectivity index (χ4n) is 2.60. The van der Waals surface area contributed by atoms with Crippen molar-refractivity contribution in [2.75, 3.05) is 6.54 Å². The van der Waals surface area contributed by atoms with Gasteiger partial charge in [-0.2, -0.15) is 0 Å². The maximum atomic E-state index is 13.0. The number of halogens is 1. The lowest BCUT2D eigenvalue weighted by Gasteiger charge is -2.36. The lowest BCUT2D eigenvalue weighted by molar-refractivity contribution is -0.0300. The summed E-state index contributed by atoms with van der Waals surface area (Å²) in [6.45, 7) is 2.24. The first-order valence-corrected chi connectivity index (χ1v) is 8.15. The van der Waals surface area contributed by atoms with Crippen molar-refractivity contribution >= 4 is 17.2 Å². The molecular formula is C17H18FNO2S. The zero-order valence-electron chi connectivity index (χ0n) is 12.4. The second-order valence-electron chi connectivity index (χ2n) is 5.85. The van der Waals surface area contributed by atoms with Crippen molar-refractivity contribution in [2.24, 2.45) is 0 Å². The Morgan fingerprint density at radius 3 is 2.64 bits per heavy atom. The van der Waals surface area contributed by atoms with Crippen LogP contribution < -0.4 is 5.32 Å². The molecule has 2 N–H and O–H groups in total. The summed E-state index contributed by atoms with van der Waals surface area (Å²) in [6.07, 6.45) is 2.51. The molecule has 0 aliphatic heterocycles. The second kappa shape index (κ2) is 5.82. The first-order chi connectivity index (χ1) is 10.5. The summed E-state index contributed by atoms with van der Waals surface area (Å²) in [6, 6.07) is 8.08. The third-order valence-electron chi connectivity index (χ3n) is 4.16. The van der Waals surface area contributed by atoms with Gasteiger partial charge in [-0.25, -0.2) is 4.39 Å². The summed E-state index contributed by atoms with van der Waals surface area (Å²) in [4.78, 5) is 13.8. The van der Waals surface area contributed by atoms with Crippen molar-refractivity contribution in [3.63, 3.8) is 0 Å². The molecule has 116 valence electrons. The number of hydrogen-bond donors (Lipinski definition) is 2. The van der Waals surface area contributed by atoms with Crippen LogP contribution >= 0.6 is 11.3 Å². The normalized spacial score (nSPS) is 16.1. The standard InChI is InChI=1S/C17H18FNO2S/c1-11-14(12-3-5-13(18)6-4-12)9-15(22-11)16(20)19-10-17(21)7-2-8-17/h3-6,9,21H,2,7-8,10H2,1H3,(H,19,20).